The fourth-order valence-electron chi connectivity index (χ4n) is 1.97. The SMILES string of the molecule is CCC(C)Oc1cccc(C(=O)c2cccnc2NC)c1. The summed E-state index contributed by atoms with van der Waals surface area (Å²) in [5.41, 5.74) is 1.15. The van der Waals surface area contributed by atoms with E-state index in [0.717, 1.165) is 6.42 Å². The summed E-state index contributed by atoms with van der Waals surface area (Å²) in [6.07, 6.45) is 2.71. The van der Waals surface area contributed by atoms with E-state index in [1.54, 1.807) is 37.5 Å². The van der Waals surface area contributed by atoms with E-state index in [1.807, 2.05) is 19.1 Å². The van der Waals surface area contributed by atoms with Crippen LogP contribution in [0.25, 0.3) is 0 Å². The van der Waals surface area contributed by atoms with E-state index in [4.69, 9.17) is 4.74 Å². The number of carbonyl (C=O) groups excluding carboxylic acids is 1. The van der Waals surface area contributed by atoms with Gasteiger partial charge in [-0.1, -0.05) is 19.1 Å². The van der Waals surface area contributed by atoms with Crippen LogP contribution in [0.5, 0.6) is 5.75 Å². The van der Waals surface area contributed by atoms with Crippen molar-refractivity contribution in [2.24, 2.45) is 0 Å². The Hall–Kier alpha value is -2.36. The number of nitrogens with zero attached hydrogens (tertiary/aromatic N) is 1. The zero-order chi connectivity index (χ0) is 15.2. The van der Waals surface area contributed by atoms with Crippen LogP contribution in [0.3, 0.4) is 0 Å². The molecule has 4 nitrogen and oxygen atoms in total. The van der Waals surface area contributed by atoms with Crippen molar-refractivity contribution in [3.05, 3.63) is 53.7 Å². The highest BCUT2D eigenvalue weighted by Gasteiger charge is 2.14. The molecule has 0 saturated carbocycles. The summed E-state index contributed by atoms with van der Waals surface area (Å²) in [4.78, 5) is 16.8. The molecular formula is C17H20N2O2. The molecule has 4 heteroatoms. The molecule has 2 rings (SSSR count). The maximum absolute atomic E-state index is 12.6. The molecule has 1 N–H and O–H groups in total. The zero-order valence-electron chi connectivity index (χ0n) is 12.6. The Morgan fingerprint density at radius 3 is 2.86 bits per heavy atom. The van der Waals surface area contributed by atoms with Crippen molar-refractivity contribution in [2.45, 2.75) is 26.4 Å². The normalized spacial score (nSPS) is 11.8. The fraction of sp³-hybridized carbons (Fsp3) is 0.294. The van der Waals surface area contributed by atoms with Crippen molar-refractivity contribution in [1.82, 2.24) is 4.98 Å². The smallest absolute Gasteiger partial charge is 0.196 e. The van der Waals surface area contributed by atoms with Crippen molar-refractivity contribution in [3.63, 3.8) is 0 Å². The predicted octanol–water partition coefficient (Wildman–Crippen LogP) is 3.53. The van der Waals surface area contributed by atoms with Gasteiger partial charge >= 0.3 is 0 Å². The van der Waals surface area contributed by atoms with Crippen molar-refractivity contribution in [3.8, 4) is 5.75 Å². The van der Waals surface area contributed by atoms with Crippen molar-refractivity contribution >= 4 is 11.6 Å². The van der Waals surface area contributed by atoms with Gasteiger partial charge in [0.15, 0.2) is 5.78 Å². The van der Waals surface area contributed by atoms with Crippen LogP contribution < -0.4 is 10.1 Å². The number of anilines is 1. The Morgan fingerprint density at radius 1 is 1.33 bits per heavy atom. The number of carbonyl (C=O) groups is 1. The lowest BCUT2D eigenvalue weighted by atomic mass is 10.0. The van der Waals surface area contributed by atoms with Gasteiger partial charge in [0.05, 0.1) is 11.7 Å². The lowest BCUT2D eigenvalue weighted by molar-refractivity contribution is 0.103. The second-order valence-electron chi connectivity index (χ2n) is 4.84. The summed E-state index contributed by atoms with van der Waals surface area (Å²) >= 11 is 0. The summed E-state index contributed by atoms with van der Waals surface area (Å²) in [5.74, 6) is 1.22. The Labute approximate surface area is 125 Å². The average molecular weight is 284 g/mol. The Balaban J connectivity index is 2.29. The number of ether oxygens (including phenoxy) is 1. The van der Waals surface area contributed by atoms with Crippen LogP contribution in [0.1, 0.15) is 36.2 Å². The summed E-state index contributed by atoms with van der Waals surface area (Å²) in [6, 6.07) is 10.8. The first-order chi connectivity index (χ1) is 10.2. The van der Waals surface area contributed by atoms with Crippen LogP contribution in [0, 0.1) is 0 Å². The molecule has 1 aromatic carbocycles. The second-order valence-corrected chi connectivity index (χ2v) is 4.84. The minimum atomic E-state index is -0.0675. The molecule has 1 unspecified atom stereocenters. The summed E-state index contributed by atoms with van der Waals surface area (Å²) in [7, 11) is 1.75. The predicted molar refractivity (Wildman–Crippen MR) is 84.0 cm³/mol. The number of pyridine rings is 1. The molecule has 0 aliphatic rings. The molecule has 1 heterocycles. The molecule has 0 fully saturated rings. The molecule has 0 amide bonds. The zero-order valence-corrected chi connectivity index (χ0v) is 12.6. The monoisotopic (exact) mass is 284 g/mol. The third-order valence-electron chi connectivity index (χ3n) is 3.30. The number of ketones is 1. The van der Waals surface area contributed by atoms with E-state index in [1.165, 1.54) is 0 Å². The maximum Gasteiger partial charge on any atom is 0.196 e. The maximum atomic E-state index is 12.6. The number of hydrogen-bond acceptors (Lipinski definition) is 4. The van der Waals surface area contributed by atoms with Gasteiger partial charge in [-0.2, -0.15) is 0 Å². The van der Waals surface area contributed by atoms with Gasteiger partial charge in [-0.15, -0.1) is 0 Å². The van der Waals surface area contributed by atoms with Gasteiger partial charge < -0.3 is 10.1 Å². The highest BCUT2D eigenvalue weighted by atomic mass is 16.5. The molecular weight excluding hydrogens is 264 g/mol. The molecule has 0 bridgehead atoms. The van der Waals surface area contributed by atoms with Crippen LogP contribution in [-0.4, -0.2) is 23.9 Å². The minimum Gasteiger partial charge on any atom is -0.491 e. The first kappa shape index (κ1) is 15.0. The molecule has 0 aliphatic heterocycles. The number of rotatable bonds is 6. The van der Waals surface area contributed by atoms with E-state index in [-0.39, 0.29) is 11.9 Å². The molecule has 0 radical (unpaired) electrons. The number of hydrogen-bond donors (Lipinski definition) is 1. The molecule has 21 heavy (non-hydrogen) atoms. The third kappa shape index (κ3) is 3.60. The van der Waals surface area contributed by atoms with Gasteiger partial charge in [0.1, 0.15) is 11.6 Å². The van der Waals surface area contributed by atoms with E-state index in [2.05, 4.69) is 17.2 Å². The lowest BCUT2D eigenvalue weighted by Crippen LogP contribution is -2.11. The Bertz CT molecular complexity index is 626. The first-order valence-electron chi connectivity index (χ1n) is 7.10. The van der Waals surface area contributed by atoms with Crippen LogP contribution in [0.4, 0.5) is 5.82 Å². The van der Waals surface area contributed by atoms with E-state index in [9.17, 15) is 4.79 Å². The standard InChI is InChI=1S/C17H20N2O2/c1-4-12(2)21-14-8-5-7-13(11-14)16(20)15-9-6-10-19-17(15)18-3/h5-12H,4H2,1-3H3,(H,18,19). The van der Waals surface area contributed by atoms with Gasteiger partial charge in [0, 0.05) is 18.8 Å². The summed E-state index contributed by atoms with van der Waals surface area (Å²) in [6.45, 7) is 4.07. The van der Waals surface area contributed by atoms with Crippen LogP contribution >= 0.6 is 0 Å². The molecule has 1 atom stereocenters. The third-order valence-corrected chi connectivity index (χ3v) is 3.30. The molecule has 2 aromatic rings. The molecule has 0 saturated heterocycles. The fourth-order valence-corrected chi connectivity index (χ4v) is 1.97. The minimum absolute atomic E-state index is 0.0675. The lowest BCUT2D eigenvalue weighted by Gasteiger charge is -2.13. The van der Waals surface area contributed by atoms with Crippen molar-refractivity contribution in [1.29, 1.82) is 0 Å². The van der Waals surface area contributed by atoms with Crippen LogP contribution in [-0.2, 0) is 0 Å². The van der Waals surface area contributed by atoms with Crippen LogP contribution in [0.2, 0.25) is 0 Å². The molecule has 110 valence electrons. The van der Waals surface area contributed by atoms with Gasteiger partial charge in [0.25, 0.3) is 0 Å². The van der Waals surface area contributed by atoms with Crippen LogP contribution in [0.15, 0.2) is 42.6 Å². The number of nitrogens with one attached hydrogen (secondary N) is 1. The Morgan fingerprint density at radius 2 is 2.14 bits per heavy atom. The largest absolute Gasteiger partial charge is 0.491 e. The molecule has 0 spiro atoms. The molecule has 1 aromatic heterocycles. The Kier molecular flexibility index (Phi) is 4.93. The van der Waals surface area contributed by atoms with Gasteiger partial charge in [-0.05, 0) is 37.6 Å². The highest BCUT2D eigenvalue weighted by Crippen LogP contribution is 2.21. The summed E-state index contributed by atoms with van der Waals surface area (Å²) in [5, 5.41) is 2.94. The average Bonchev–Trinajstić information content (AvgIpc) is 2.54. The number of benzene rings is 1. The summed E-state index contributed by atoms with van der Waals surface area (Å²) < 4.78 is 5.76. The van der Waals surface area contributed by atoms with Gasteiger partial charge in [0.2, 0.25) is 0 Å². The highest BCUT2D eigenvalue weighted by molar-refractivity contribution is 6.11. The number of aromatic nitrogens is 1. The van der Waals surface area contributed by atoms with Gasteiger partial charge in [-0.25, -0.2) is 4.98 Å². The quantitative estimate of drug-likeness (QED) is 0.824. The topological polar surface area (TPSA) is 51.2 Å². The van der Waals surface area contributed by atoms with Gasteiger partial charge in [-0.3, -0.25) is 4.79 Å². The molecule has 0 aliphatic carbocycles. The van der Waals surface area contributed by atoms with Crippen molar-refractivity contribution in [2.75, 3.05) is 12.4 Å². The van der Waals surface area contributed by atoms with E-state index >= 15 is 0 Å². The van der Waals surface area contributed by atoms with E-state index in [0.29, 0.717) is 22.7 Å². The van der Waals surface area contributed by atoms with Crippen molar-refractivity contribution < 1.29 is 9.53 Å². The second kappa shape index (κ2) is 6.88. The first-order valence-corrected chi connectivity index (χ1v) is 7.10. The van der Waals surface area contributed by atoms with E-state index < -0.39 is 0 Å².